The van der Waals surface area contributed by atoms with Crippen LogP contribution in [-0.4, -0.2) is 39.9 Å². The van der Waals surface area contributed by atoms with E-state index in [4.69, 9.17) is 0 Å². The number of nitrogens with one attached hydrogen (secondary N) is 1. The molecule has 0 saturated carbocycles. The van der Waals surface area contributed by atoms with Gasteiger partial charge in [-0.3, -0.25) is 4.79 Å². The Morgan fingerprint density at radius 2 is 1.86 bits per heavy atom. The molecule has 1 amide bonds. The second-order valence-corrected chi connectivity index (χ2v) is 7.55. The van der Waals surface area contributed by atoms with Crippen LogP contribution in [0.2, 0.25) is 0 Å². The molecule has 2 rings (SSSR count). The van der Waals surface area contributed by atoms with E-state index in [1.807, 2.05) is 16.8 Å². The van der Waals surface area contributed by atoms with Crippen molar-refractivity contribution >= 4 is 27.3 Å². The number of sulfonamides is 1. The highest BCUT2D eigenvalue weighted by Crippen LogP contribution is 2.12. The van der Waals surface area contributed by atoms with Gasteiger partial charge in [0.05, 0.1) is 4.90 Å². The maximum absolute atomic E-state index is 12.2. The second kappa shape index (κ2) is 7.04. The van der Waals surface area contributed by atoms with Gasteiger partial charge in [0.15, 0.2) is 0 Å². The van der Waals surface area contributed by atoms with Crippen molar-refractivity contribution in [2.24, 2.45) is 0 Å². The molecular formula is C15H18N2O3S2. The molecule has 0 atom stereocenters. The Morgan fingerprint density at radius 3 is 2.41 bits per heavy atom. The van der Waals surface area contributed by atoms with Gasteiger partial charge in [0, 0.05) is 26.2 Å². The number of hydrogen-bond donors (Lipinski definition) is 1. The van der Waals surface area contributed by atoms with Crippen LogP contribution in [-0.2, 0) is 16.4 Å². The third-order valence-corrected chi connectivity index (χ3v) is 5.31. The number of carbonyl (C=O) groups is 1. The fourth-order valence-corrected chi connectivity index (χ4v) is 3.62. The van der Waals surface area contributed by atoms with Crippen molar-refractivity contribution in [1.82, 2.24) is 9.62 Å². The quantitative estimate of drug-likeness (QED) is 0.876. The van der Waals surface area contributed by atoms with Gasteiger partial charge in [0.1, 0.15) is 0 Å². The number of hydrogen-bond acceptors (Lipinski definition) is 4. The third kappa shape index (κ3) is 4.16. The Hall–Kier alpha value is -1.70. The molecule has 0 unspecified atom stereocenters. The first-order valence-electron chi connectivity index (χ1n) is 6.72. The Morgan fingerprint density at radius 1 is 1.18 bits per heavy atom. The fraction of sp³-hybridized carbons (Fsp3) is 0.267. The molecule has 7 heteroatoms. The predicted molar refractivity (Wildman–Crippen MR) is 87.7 cm³/mol. The molecule has 22 heavy (non-hydrogen) atoms. The molecule has 0 spiro atoms. The van der Waals surface area contributed by atoms with Crippen LogP contribution in [0.1, 0.15) is 15.9 Å². The molecule has 0 aliphatic heterocycles. The molecule has 1 heterocycles. The summed E-state index contributed by atoms with van der Waals surface area (Å²) in [6.07, 6.45) is 0.653. The number of amides is 1. The summed E-state index contributed by atoms with van der Waals surface area (Å²) in [6, 6.07) is 7.92. The molecule has 0 saturated heterocycles. The average molecular weight is 338 g/mol. The summed E-state index contributed by atoms with van der Waals surface area (Å²) in [5.74, 6) is -0.158. The SMILES string of the molecule is CN(C)C(=O)c1ccc(S(=O)(=O)NCCc2ccsc2)cc1. The lowest BCUT2D eigenvalue weighted by Gasteiger charge is -2.11. The van der Waals surface area contributed by atoms with Crippen LogP contribution >= 0.6 is 11.3 Å². The van der Waals surface area contributed by atoms with Crippen molar-refractivity contribution in [2.75, 3.05) is 20.6 Å². The highest BCUT2D eigenvalue weighted by molar-refractivity contribution is 7.89. The maximum Gasteiger partial charge on any atom is 0.253 e. The van der Waals surface area contributed by atoms with Gasteiger partial charge >= 0.3 is 0 Å². The molecule has 0 radical (unpaired) electrons. The van der Waals surface area contributed by atoms with Gasteiger partial charge in [-0.1, -0.05) is 0 Å². The fourth-order valence-electron chi connectivity index (χ4n) is 1.88. The topological polar surface area (TPSA) is 66.5 Å². The normalized spacial score (nSPS) is 11.4. The van der Waals surface area contributed by atoms with Gasteiger partial charge in [-0.2, -0.15) is 11.3 Å². The van der Waals surface area contributed by atoms with Gasteiger partial charge in [-0.25, -0.2) is 13.1 Å². The molecule has 1 aromatic heterocycles. The highest BCUT2D eigenvalue weighted by Gasteiger charge is 2.15. The lowest BCUT2D eigenvalue weighted by molar-refractivity contribution is 0.0827. The number of thiophene rings is 1. The van der Waals surface area contributed by atoms with Crippen LogP contribution in [0.15, 0.2) is 46.0 Å². The summed E-state index contributed by atoms with van der Waals surface area (Å²) in [6.45, 7) is 0.345. The molecule has 0 bridgehead atoms. The third-order valence-electron chi connectivity index (χ3n) is 3.10. The average Bonchev–Trinajstić information content (AvgIpc) is 2.99. The molecule has 1 aromatic carbocycles. The first kappa shape index (κ1) is 16.7. The lowest BCUT2D eigenvalue weighted by Crippen LogP contribution is -2.26. The first-order chi connectivity index (χ1) is 10.4. The second-order valence-electron chi connectivity index (χ2n) is 5.00. The molecule has 0 aliphatic rings. The zero-order chi connectivity index (χ0) is 16.2. The van der Waals surface area contributed by atoms with Crippen molar-refractivity contribution in [3.05, 3.63) is 52.2 Å². The minimum Gasteiger partial charge on any atom is -0.345 e. The van der Waals surface area contributed by atoms with Gasteiger partial charge in [0.25, 0.3) is 5.91 Å². The van der Waals surface area contributed by atoms with Crippen LogP contribution in [0.25, 0.3) is 0 Å². The largest absolute Gasteiger partial charge is 0.345 e. The molecule has 2 aromatic rings. The number of rotatable bonds is 6. The number of benzene rings is 1. The van der Waals surface area contributed by atoms with Gasteiger partial charge in [-0.15, -0.1) is 0 Å². The van der Waals surface area contributed by atoms with E-state index < -0.39 is 10.0 Å². The molecule has 118 valence electrons. The van der Waals surface area contributed by atoms with Crippen molar-refractivity contribution in [1.29, 1.82) is 0 Å². The molecule has 0 fully saturated rings. The van der Waals surface area contributed by atoms with Gasteiger partial charge in [-0.05, 0) is 53.1 Å². The van der Waals surface area contributed by atoms with E-state index in [2.05, 4.69) is 4.72 Å². The minimum absolute atomic E-state index is 0.158. The number of carbonyl (C=O) groups excluding carboxylic acids is 1. The van der Waals surface area contributed by atoms with Crippen LogP contribution in [0.3, 0.4) is 0 Å². The van der Waals surface area contributed by atoms with E-state index in [-0.39, 0.29) is 10.8 Å². The van der Waals surface area contributed by atoms with E-state index in [1.165, 1.54) is 29.2 Å². The molecule has 0 aliphatic carbocycles. The smallest absolute Gasteiger partial charge is 0.253 e. The van der Waals surface area contributed by atoms with E-state index in [0.717, 1.165) is 5.56 Å². The monoisotopic (exact) mass is 338 g/mol. The van der Waals surface area contributed by atoms with Crippen LogP contribution < -0.4 is 4.72 Å². The van der Waals surface area contributed by atoms with Crippen molar-refractivity contribution in [3.8, 4) is 0 Å². The zero-order valence-corrected chi connectivity index (χ0v) is 14.1. The lowest BCUT2D eigenvalue weighted by atomic mass is 10.2. The van der Waals surface area contributed by atoms with Crippen molar-refractivity contribution < 1.29 is 13.2 Å². The summed E-state index contributed by atoms with van der Waals surface area (Å²) < 4.78 is 26.9. The number of nitrogens with zero attached hydrogens (tertiary/aromatic N) is 1. The summed E-state index contributed by atoms with van der Waals surface area (Å²) in [7, 11) is -0.244. The summed E-state index contributed by atoms with van der Waals surface area (Å²) >= 11 is 1.59. The standard InChI is InChI=1S/C15H18N2O3S2/c1-17(2)15(18)13-3-5-14(6-4-13)22(19,20)16-9-7-12-8-10-21-11-12/h3-6,8,10-11,16H,7,9H2,1-2H3. The van der Waals surface area contributed by atoms with Crippen LogP contribution in [0, 0.1) is 0 Å². The summed E-state index contributed by atoms with van der Waals surface area (Å²) in [5.41, 5.74) is 1.57. The van der Waals surface area contributed by atoms with E-state index in [0.29, 0.717) is 18.5 Å². The summed E-state index contributed by atoms with van der Waals surface area (Å²) in [4.78, 5) is 13.4. The van der Waals surface area contributed by atoms with Crippen LogP contribution in [0.5, 0.6) is 0 Å². The van der Waals surface area contributed by atoms with Crippen molar-refractivity contribution in [2.45, 2.75) is 11.3 Å². The first-order valence-corrected chi connectivity index (χ1v) is 9.15. The maximum atomic E-state index is 12.2. The Bertz CT molecular complexity index is 721. The van der Waals surface area contributed by atoms with E-state index in [1.54, 1.807) is 25.4 Å². The predicted octanol–water partition coefficient (Wildman–Crippen LogP) is 1.97. The molecule has 1 N–H and O–H groups in total. The van der Waals surface area contributed by atoms with E-state index >= 15 is 0 Å². The Labute approximate surface area is 134 Å². The Balaban J connectivity index is 2.01. The zero-order valence-electron chi connectivity index (χ0n) is 12.4. The Kier molecular flexibility index (Phi) is 5.33. The van der Waals surface area contributed by atoms with Crippen molar-refractivity contribution in [3.63, 3.8) is 0 Å². The minimum atomic E-state index is -3.55. The molecular weight excluding hydrogens is 320 g/mol. The highest BCUT2D eigenvalue weighted by atomic mass is 32.2. The van der Waals surface area contributed by atoms with Crippen LogP contribution in [0.4, 0.5) is 0 Å². The van der Waals surface area contributed by atoms with Gasteiger partial charge in [0.2, 0.25) is 10.0 Å². The van der Waals surface area contributed by atoms with Gasteiger partial charge < -0.3 is 4.90 Å². The molecule has 5 nitrogen and oxygen atoms in total. The van der Waals surface area contributed by atoms with E-state index in [9.17, 15) is 13.2 Å². The summed E-state index contributed by atoms with van der Waals surface area (Å²) in [5, 5.41) is 3.96.